The molecule has 0 aliphatic heterocycles. The quantitative estimate of drug-likeness (QED) is 0.343. The predicted octanol–water partition coefficient (Wildman–Crippen LogP) is 1.80. The van der Waals surface area contributed by atoms with Gasteiger partial charge in [-0.2, -0.15) is 0 Å². The van der Waals surface area contributed by atoms with Crippen molar-refractivity contribution >= 4 is 17.6 Å². The highest BCUT2D eigenvalue weighted by Gasteiger charge is 2.07. The molecule has 0 radical (unpaired) electrons. The number of nitrogen functional groups attached to an aromatic ring is 1. The summed E-state index contributed by atoms with van der Waals surface area (Å²) in [5.41, 5.74) is 2.54. The minimum absolute atomic E-state index is 0.392. The normalized spacial score (nSPS) is 12.5. The van der Waals surface area contributed by atoms with Crippen molar-refractivity contribution in [2.75, 3.05) is 12.5 Å². The molecule has 90 valence electrons. The highest BCUT2D eigenvalue weighted by Crippen LogP contribution is 2.24. The van der Waals surface area contributed by atoms with Crippen LogP contribution < -0.4 is 11.3 Å². The molecule has 0 bridgehead atoms. The van der Waals surface area contributed by atoms with Crippen LogP contribution in [0.4, 0.5) is 5.82 Å². The molecule has 6 heteroatoms. The van der Waals surface area contributed by atoms with Crippen LogP contribution in [0.25, 0.3) is 0 Å². The standard InChI is InChI=1S/C10H18N4OS/c1-4-7(2)16-10-5-8(14-11)12-9(13-10)6-15-3/h5,7H,4,6,11H2,1-3H3,(H,12,13,14). The first-order chi connectivity index (χ1) is 7.69. The number of ether oxygens (including phenoxy) is 1. The number of rotatable bonds is 6. The fraction of sp³-hybridized carbons (Fsp3) is 0.600. The van der Waals surface area contributed by atoms with Crippen LogP contribution in [-0.4, -0.2) is 22.3 Å². The minimum atomic E-state index is 0.392. The molecule has 0 aromatic carbocycles. The van der Waals surface area contributed by atoms with Gasteiger partial charge in [-0.05, 0) is 6.42 Å². The molecule has 1 aromatic heterocycles. The molecular weight excluding hydrogens is 224 g/mol. The van der Waals surface area contributed by atoms with Crippen molar-refractivity contribution in [3.05, 3.63) is 11.9 Å². The number of methoxy groups -OCH3 is 1. The van der Waals surface area contributed by atoms with Gasteiger partial charge in [-0.1, -0.05) is 13.8 Å². The first-order valence-corrected chi connectivity index (χ1v) is 6.07. The number of nitrogens with one attached hydrogen (secondary N) is 1. The van der Waals surface area contributed by atoms with E-state index in [1.54, 1.807) is 18.9 Å². The van der Waals surface area contributed by atoms with Crippen LogP contribution in [0.1, 0.15) is 26.1 Å². The second kappa shape index (κ2) is 6.67. The second-order valence-electron chi connectivity index (χ2n) is 3.42. The third-order valence-corrected chi connectivity index (χ3v) is 3.25. The number of aromatic nitrogens is 2. The van der Waals surface area contributed by atoms with Crippen molar-refractivity contribution in [1.82, 2.24) is 9.97 Å². The van der Waals surface area contributed by atoms with E-state index in [9.17, 15) is 0 Å². The molecule has 16 heavy (non-hydrogen) atoms. The third-order valence-electron chi connectivity index (χ3n) is 2.07. The summed E-state index contributed by atoms with van der Waals surface area (Å²) >= 11 is 1.71. The smallest absolute Gasteiger partial charge is 0.157 e. The maximum Gasteiger partial charge on any atom is 0.157 e. The Morgan fingerprint density at radius 2 is 2.31 bits per heavy atom. The molecule has 1 rings (SSSR count). The van der Waals surface area contributed by atoms with Crippen molar-refractivity contribution in [2.24, 2.45) is 5.84 Å². The molecule has 3 N–H and O–H groups in total. The summed E-state index contributed by atoms with van der Waals surface area (Å²) in [6.07, 6.45) is 1.10. The fourth-order valence-corrected chi connectivity index (χ4v) is 2.01. The van der Waals surface area contributed by atoms with Crippen LogP contribution >= 0.6 is 11.8 Å². The van der Waals surface area contributed by atoms with Crippen LogP contribution in [0.15, 0.2) is 11.1 Å². The topological polar surface area (TPSA) is 73.1 Å². The zero-order valence-electron chi connectivity index (χ0n) is 9.86. The number of hydrazine groups is 1. The molecule has 5 nitrogen and oxygen atoms in total. The van der Waals surface area contributed by atoms with Crippen molar-refractivity contribution in [2.45, 2.75) is 37.2 Å². The van der Waals surface area contributed by atoms with Gasteiger partial charge in [-0.25, -0.2) is 15.8 Å². The summed E-state index contributed by atoms with van der Waals surface area (Å²) in [4.78, 5) is 8.58. The van der Waals surface area contributed by atoms with E-state index in [-0.39, 0.29) is 0 Å². The number of anilines is 1. The molecule has 0 saturated heterocycles. The average Bonchev–Trinajstić information content (AvgIpc) is 2.29. The maximum absolute atomic E-state index is 5.36. The summed E-state index contributed by atoms with van der Waals surface area (Å²) in [5, 5.41) is 1.44. The Kier molecular flexibility index (Phi) is 5.51. The van der Waals surface area contributed by atoms with E-state index in [0.29, 0.717) is 23.5 Å². The van der Waals surface area contributed by atoms with Gasteiger partial charge in [0.05, 0.1) is 0 Å². The number of hydrogen-bond acceptors (Lipinski definition) is 6. The predicted molar refractivity (Wildman–Crippen MR) is 66.2 cm³/mol. The first-order valence-electron chi connectivity index (χ1n) is 5.19. The average molecular weight is 242 g/mol. The number of nitrogens with zero attached hydrogens (tertiary/aromatic N) is 2. The van der Waals surface area contributed by atoms with Crippen molar-refractivity contribution in [1.29, 1.82) is 0 Å². The van der Waals surface area contributed by atoms with Gasteiger partial charge in [0.25, 0.3) is 0 Å². The summed E-state index contributed by atoms with van der Waals surface area (Å²) in [5.74, 6) is 6.62. The molecular formula is C10H18N4OS. The Morgan fingerprint density at radius 3 is 2.88 bits per heavy atom. The van der Waals surface area contributed by atoms with Crippen molar-refractivity contribution in [3.63, 3.8) is 0 Å². The molecule has 1 heterocycles. The van der Waals surface area contributed by atoms with Gasteiger partial charge in [0, 0.05) is 18.4 Å². The summed E-state index contributed by atoms with van der Waals surface area (Å²) in [7, 11) is 1.62. The zero-order chi connectivity index (χ0) is 12.0. The van der Waals surface area contributed by atoms with Crippen molar-refractivity contribution < 1.29 is 4.74 Å². The third kappa shape index (κ3) is 3.96. The van der Waals surface area contributed by atoms with E-state index in [0.717, 1.165) is 11.4 Å². The Hall–Kier alpha value is -0.850. The van der Waals surface area contributed by atoms with Crippen LogP contribution in [0.2, 0.25) is 0 Å². The molecule has 1 aromatic rings. The highest BCUT2D eigenvalue weighted by molar-refractivity contribution is 7.99. The molecule has 0 fully saturated rings. The SMILES string of the molecule is CCC(C)Sc1cc(NN)nc(COC)n1. The maximum atomic E-state index is 5.36. The van der Waals surface area contributed by atoms with Gasteiger partial charge in [0.2, 0.25) is 0 Å². The van der Waals surface area contributed by atoms with E-state index in [1.807, 2.05) is 6.07 Å². The van der Waals surface area contributed by atoms with Gasteiger partial charge >= 0.3 is 0 Å². The Labute approximate surface area is 100 Å². The van der Waals surface area contributed by atoms with Gasteiger partial charge in [0.1, 0.15) is 17.5 Å². The Morgan fingerprint density at radius 1 is 1.56 bits per heavy atom. The fourth-order valence-electron chi connectivity index (χ4n) is 1.09. The van der Waals surface area contributed by atoms with Gasteiger partial charge in [-0.15, -0.1) is 11.8 Å². The van der Waals surface area contributed by atoms with E-state index in [2.05, 4.69) is 29.2 Å². The van der Waals surface area contributed by atoms with E-state index < -0.39 is 0 Å². The Bertz CT molecular complexity index is 335. The minimum Gasteiger partial charge on any atom is -0.377 e. The summed E-state index contributed by atoms with van der Waals surface area (Å²) < 4.78 is 5.01. The lowest BCUT2D eigenvalue weighted by atomic mass is 10.4. The first kappa shape index (κ1) is 13.2. The van der Waals surface area contributed by atoms with E-state index in [4.69, 9.17) is 10.6 Å². The lowest BCUT2D eigenvalue weighted by Crippen LogP contribution is -2.11. The molecule has 0 saturated carbocycles. The highest BCUT2D eigenvalue weighted by atomic mass is 32.2. The number of hydrogen-bond donors (Lipinski definition) is 2. The molecule has 0 spiro atoms. The number of thioether (sulfide) groups is 1. The molecule has 0 aliphatic rings. The molecule has 0 aliphatic carbocycles. The largest absolute Gasteiger partial charge is 0.377 e. The zero-order valence-corrected chi connectivity index (χ0v) is 10.7. The lowest BCUT2D eigenvalue weighted by molar-refractivity contribution is 0.177. The monoisotopic (exact) mass is 242 g/mol. The van der Waals surface area contributed by atoms with Crippen LogP contribution in [-0.2, 0) is 11.3 Å². The van der Waals surface area contributed by atoms with Crippen LogP contribution in [0.5, 0.6) is 0 Å². The van der Waals surface area contributed by atoms with Crippen LogP contribution in [0.3, 0.4) is 0 Å². The lowest BCUT2D eigenvalue weighted by Gasteiger charge is -2.10. The Balaban J connectivity index is 2.85. The molecule has 0 amide bonds. The number of nitrogens with two attached hydrogens (primary N) is 1. The van der Waals surface area contributed by atoms with Crippen molar-refractivity contribution in [3.8, 4) is 0 Å². The molecule has 1 atom stereocenters. The second-order valence-corrected chi connectivity index (χ2v) is 4.88. The van der Waals surface area contributed by atoms with E-state index >= 15 is 0 Å². The van der Waals surface area contributed by atoms with Gasteiger partial charge < -0.3 is 10.2 Å². The molecule has 1 unspecified atom stereocenters. The van der Waals surface area contributed by atoms with Crippen LogP contribution in [0, 0.1) is 0 Å². The summed E-state index contributed by atoms with van der Waals surface area (Å²) in [6.45, 7) is 4.71. The van der Waals surface area contributed by atoms with Gasteiger partial charge in [-0.3, -0.25) is 0 Å². The van der Waals surface area contributed by atoms with E-state index in [1.165, 1.54) is 0 Å². The van der Waals surface area contributed by atoms with Gasteiger partial charge in [0.15, 0.2) is 5.82 Å². The summed E-state index contributed by atoms with van der Waals surface area (Å²) in [6, 6.07) is 1.84.